The summed E-state index contributed by atoms with van der Waals surface area (Å²) in [5, 5.41) is 15.6. The van der Waals surface area contributed by atoms with Gasteiger partial charge in [-0.25, -0.2) is 0 Å². The highest BCUT2D eigenvalue weighted by atomic mass is 19.4. The highest BCUT2D eigenvalue weighted by Gasteiger charge is 2.34. The molecule has 0 aliphatic heterocycles. The van der Waals surface area contributed by atoms with Gasteiger partial charge >= 0.3 is 12.1 Å². The molecule has 0 amide bonds. The van der Waals surface area contributed by atoms with Gasteiger partial charge in [0.25, 0.3) is 0 Å². The van der Waals surface area contributed by atoms with Crippen LogP contribution in [-0.2, 0) is 17.4 Å². The van der Waals surface area contributed by atoms with Crippen LogP contribution in [-0.4, -0.2) is 25.7 Å². The summed E-state index contributed by atoms with van der Waals surface area (Å²) in [7, 11) is 0. The van der Waals surface area contributed by atoms with Gasteiger partial charge in [0.2, 0.25) is 0 Å². The monoisotopic (exact) mass is 259 g/mol. The number of hydrogen-bond acceptors (Lipinski definition) is 3. The summed E-state index contributed by atoms with van der Waals surface area (Å²) < 4.78 is 39.2. The molecule has 2 aromatic heterocycles. The minimum absolute atomic E-state index is 0.0256. The van der Waals surface area contributed by atoms with Crippen molar-refractivity contribution in [1.29, 1.82) is 0 Å². The summed E-state index contributed by atoms with van der Waals surface area (Å²) in [5.74, 6) is -0.850. The number of fused-ring (bicyclic) bond motifs is 1. The number of aliphatic carboxylic acids is 1. The number of pyridine rings is 1. The largest absolute Gasteiger partial charge is 0.481 e. The third-order valence-electron chi connectivity index (χ3n) is 2.37. The van der Waals surface area contributed by atoms with Gasteiger partial charge in [-0.15, -0.1) is 10.2 Å². The van der Waals surface area contributed by atoms with Gasteiger partial charge in [-0.05, 0) is 12.1 Å². The van der Waals surface area contributed by atoms with E-state index in [2.05, 4.69) is 10.2 Å². The fourth-order valence-corrected chi connectivity index (χ4v) is 1.57. The van der Waals surface area contributed by atoms with Crippen LogP contribution in [0.15, 0.2) is 18.3 Å². The molecule has 18 heavy (non-hydrogen) atoms. The number of aromatic nitrogens is 3. The Hall–Kier alpha value is -2.12. The lowest BCUT2D eigenvalue weighted by Crippen LogP contribution is -2.08. The minimum atomic E-state index is -4.51. The maximum Gasteiger partial charge on any atom is 0.420 e. The molecule has 96 valence electrons. The van der Waals surface area contributed by atoms with Crippen LogP contribution in [0.25, 0.3) is 5.65 Å². The number of alkyl halides is 3. The Labute approximate surface area is 98.9 Å². The third-order valence-corrected chi connectivity index (χ3v) is 2.37. The standard InChI is InChI=1S/C10H8F3N3O2/c11-10(12,13)6-2-1-5-16-7(3-4-8(17)18)14-15-9(6)16/h1-2,5H,3-4H2,(H,17,18). The fourth-order valence-electron chi connectivity index (χ4n) is 1.57. The van der Waals surface area contributed by atoms with Gasteiger partial charge < -0.3 is 5.11 Å². The van der Waals surface area contributed by atoms with Gasteiger partial charge in [0, 0.05) is 12.6 Å². The van der Waals surface area contributed by atoms with Crippen molar-refractivity contribution in [2.24, 2.45) is 0 Å². The minimum Gasteiger partial charge on any atom is -0.481 e. The van der Waals surface area contributed by atoms with Crippen LogP contribution in [0.3, 0.4) is 0 Å². The Morgan fingerprint density at radius 1 is 1.39 bits per heavy atom. The maximum atomic E-state index is 12.7. The Bertz CT molecular complexity index is 592. The topological polar surface area (TPSA) is 67.5 Å². The summed E-state index contributed by atoms with van der Waals surface area (Å²) in [5.41, 5.74) is -1.20. The molecule has 0 fully saturated rings. The average molecular weight is 259 g/mol. The van der Waals surface area contributed by atoms with Gasteiger partial charge in [0.15, 0.2) is 5.65 Å². The number of aryl methyl sites for hydroxylation is 1. The first kappa shape index (κ1) is 12.3. The van der Waals surface area contributed by atoms with E-state index in [9.17, 15) is 18.0 Å². The lowest BCUT2D eigenvalue weighted by atomic mass is 10.2. The van der Waals surface area contributed by atoms with Crippen molar-refractivity contribution in [1.82, 2.24) is 14.6 Å². The number of carbonyl (C=O) groups is 1. The number of rotatable bonds is 3. The summed E-state index contributed by atoms with van der Waals surface area (Å²) >= 11 is 0. The second-order valence-corrected chi connectivity index (χ2v) is 3.62. The number of carboxylic acid groups (broad SMARTS) is 1. The molecule has 0 bridgehead atoms. The Morgan fingerprint density at radius 3 is 2.72 bits per heavy atom. The van der Waals surface area contributed by atoms with Gasteiger partial charge in [0.05, 0.1) is 6.42 Å². The highest BCUT2D eigenvalue weighted by Crippen LogP contribution is 2.31. The first-order chi connectivity index (χ1) is 8.39. The molecule has 2 rings (SSSR count). The molecule has 2 aromatic rings. The number of carboxylic acids is 1. The van der Waals surface area contributed by atoms with E-state index in [0.717, 1.165) is 10.5 Å². The predicted octanol–water partition coefficient (Wildman–Crippen LogP) is 1.77. The second kappa shape index (κ2) is 4.28. The van der Waals surface area contributed by atoms with E-state index in [0.29, 0.717) is 0 Å². The third kappa shape index (κ3) is 2.27. The van der Waals surface area contributed by atoms with Gasteiger partial charge in [-0.2, -0.15) is 13.2 Å². The van der Waals surface area contributed by atoms with Crippen molar-refractivity contribution >= 4 is 11.6 Å². The fraction of sp³-hybridized carbons (Fsp3) is 0.300. The van der Waals surface area contributed by atoms with E-state index in [1.165, 1.54) is 12.3 Å². The van der Waals surface area contributed by atoms with Crippen LogP contribution in [0.1, 0.15) is 17.8 Å². The van der Waals surface area contributed by atoms with Crippen LogP contribution in [0.5, 0.6) is 0 Å². The van der Waals surface area contributed by atoms with Crippen LogP contribution >= 0.6 is 0 Å². The average Bonchev–Trinajstić information content (AvgIpc) is 2.67. The zero-order valence-corrected chi connectivity index (χ0v) is 8.98. The summed E-state index contributed by atoms with van der Waals surface area (Å²) in [6.07, 6.45) is -3.32. The molecule has 0 aliphatic carbocycles. The van der Waals surface area contributed by atoms with Crippen molar-refractivity contribution in [3.05, 3.63) is 29.7 Å². The molecular formula is C10H8F3N3O2. The second-order valence-electron chi connectivity index (χ2n) is 3.62. The first-order valence-electron chi connectivity index (χ1n) is 5.01. The molecule has 0 spiro atoms. The van der Waals surface area contributed by atoms with E-state index in [1.807, 2.05) is 0 Å². The molecular weight excluding hydrogens is 251 g/mol. The number of halogens is 3. The smallest absolute Gasteiger partial charge is 0.420 e. The molecule has 0 radical (unpaired) electrons. The van der Waals surface area contributed by atoms with Crippen molar-refractivity contribution < 1.29 is 23.1 Å². The first-order valence-corrected chi connectivity index (χ1v) is 5.01. The van der Waals surface area contributed by atoms with Crippen molar-refractivity contribution in [3.8, 4) is 0 Å². The lowest BCUT2D eigenvalue weighted by Gasteiger charge is -2.07. The molecule has 0 aromatic carbocycles. The Kier molecular flexibility index (Phi) is 2.93. The van der Waals surface area contributed by atoms with Crippen molar-refractivity contribution in [2.75, 3.05) is 0 Å². The molecule has 0 atom stereocenters. The van der Waals surface area contributed by atoms with Gasteiger partial charge in [-0.1, -0.05) is 0 Å². The van der Waals surface area contributed by atoms with Crippen LogP contribution < -0.4 is 0 Å². The van der Waals surface area contributed by atoms with Gasteiger partial charge in [-0.3, -0.25) is 9.20 Å². The van der Waals surface area contributed by atoms with Crippen molar-refractivity contribution in [2.45, 2.75) is 19.0 Å². The lowest BCUT2D eigenvalue weighted by molar-refractivity contribution is -0.137. The maximum absolute atomic E-state index is 12.7. The van der Waals surface area contributed by atoms with E-state index in [1.54, 1.807) is 0 Å². The van der Waals surface area contributed by atoms with E-state index >= 15 is 0 Å². The SMILES string of the molecule is O=C(O)CCc1nnc2c(C(F)(F)F)cccn12. The molecule has 8 heteroatoms. The van der Waals surface area contributed by atoms with Gasteiger partial charge in [0.1, 0.15) is 11.4 Å². The molecule has 5 nitrogen and oxygen atoms in total. The Balaban J connectivity index is 2.45. The van der Waals surface area contributed by atoms with E-state index < -0.39 is 17.7 Å². The molecule has 1 N–H and O–H groups in total. The van der Waals surface area contributed by atoms with Crippen LogP contribution in [0.2, 0.25) is 0 Å². The van der Waals surface area contributed by atoms with Crippen LogP contribution in [0, 0.1) is 0 Å². The highest BCUT2D eigenvalue weighted by molar-refractivity contribution is 5.67. The molecule has 0 saturated heterocycles. The molecule has 0 aliphatic rings. The molecule has 0 unspecified atom stereocenters. The summed E-state index contributed by atoms with van der Waals surface area (Å²) in [6.45, 7) is 0. The molecule has 2 heterocycles. The molecule has 0 saturated carbocycles. The Morgan fingerprint density at radius 2 is 2.11 bits per heavy atom. The predicted molar refractivity (Wildman–Crippen MR) is 53.9 cm³/mol. The quantitative estimate of drug-likeness (QED) is 0.912. The normalized spacial score (nSPS) is 11.9. The van der Waals surface area contributed by atoms with Crippen molar-refractivity contribution in [3.63, 3.8) is 0 Å². The zero-order valence-electron chi connectivity index (χ0n) is 8.98. The van der Waals surface area contributed by atoms with Crippen LogP contribution in [0.4, 0.5) is 13.2 Å². The van der Waals surface area contributed by atoms with E-state index in [4.69, 9.17) is 5.11 Å². The van der Waals surface area contributed by atoms with E-state index in [-0.39, 0.29) is 24.3 Å². The zero-order chi connectivity index (χ0) is 13.3. The number of nitrogens with zero attached hydrogens (tertiary/aromatic N) is 3. The number of hydrogen-bond donors (Lipinski definition) is 1. The summed E-state index contributed by atoms with van der Waals surface area (Å²) in [6, 6.07) is 2.13. The summed E-state index contributed by atoms with van der Waals surface area (Å²) in [4.78, 5) is 10.4.